The van der Waals surface area contributed by atoms with E-state index in [4.69, 9.17) is 0 Å². The van der Waals surface area contributed by atoms with Crippen molar-refractivity contribution in [1.29, 1.82) is 0 Å². The van der Waals surface area contributed by atoms with Gasteiger partial charge in [0.25, 0.3) is 0 Å². The zero-order valence-electron chi connectivity index (χ0n) is 14.6. The van der Waals surface area contributed by atoms with Gasteiger partial charge >= 0.3 is 0 Å². The minimum atomic E-state index is 0.546. The van der Waals surface area contributed by atoms with Crippen LogP contribution in [-0.2, 0) is 0 Å². The van der Waals surface area contributed by atoms with Crippen LogP contribution in [0.15, 0.2) is 0 Å². The smallest absolute Gasteiger partial charge is 0.0235 e. The number of fused-ring (bicyclic) bond motifs is 1. The summed E-state index contributed by atoms with van der Waals surface area (Å²) in [5.74, 6) is 5.49. The SMILES string of the molecule is CCC(C)C1CC(C)(C(C)C)C(C)CC2C(C)C12C. The second-order valence-corrected chi connectivity index (χ2v) is 8.75. The van der Waals surface area contributed by atoms with Crippen molar-refractivity contribution in [3.8, 4) is 0 Å². The molecular weight excluding hydrogens is 228 g/mol. The van der Waals surface area contributed by atoms with Crippen molar-refractivity contribution in [3.05, 3.63) is 0 Å². The Morgan fingerprint density at radius 1 is 1.11 bits per heavy atom. The lowest BCUT2D eigenvalue weighted by Gasteiger charge is -2.43. The van der Waals surface area contributed by atoms with Crippen LogP contribution in [0.5, 0.6) is 0 Å². The molecule has 0 aromatic rings. The maximum Gasteiger partial charge on any atom is -0.0235 e. The lowest BCUT2D eigenvalue weighted by molar-refractivity contribution is 0.0576. The van der Waals surface area contributed by atoms with Gasteiger partial charge in [-0.25, -0.2) is 0 Å². The van der Waals surface area contributed by atoms with E-state index in [2.05, 4.69) is 55.4 Å². The van der Waals surface area contributed by atoms with Crippen LogP contribution in [-0.4, -0.2) is 0 Å². The molecule has 2 saturated carbocycles. The van der Waals surface area contributed by atoms with E-state index in [-0.39, 0.29) is 0 Å². The average molecular weight is 264 g/mol. The van der Waals surface area contributed by atoms with E-state index >= 15 is 0 Å². The Bertz CT molecular complexity index is 331. The molecule has 2 aliphatic rings. The molecule has 0 aromatic carbocycles. The number of rotatable bonds is 3. The first-order valence-electron chi connectivity index (χ1n) is 8.69. The zero-order chi connectivity index (χ0) is 14.6. The molecule has 0 aliphatic heterocycles. The van der Waals surface area contributed by atoms with E-state index in [1.165, 1.54) is 19.3 Å². The van der Waals surface area contributed by atoms with E-state index < -0.39 is 0 Å². The highest BCUT2D eigenvalue weighted by molar-refractivity contribution is 5.13. The van der Waals surface area contributed by atoms with E-state index in [1.54, 1.807) is 0 Å². The molecule has 0 bridgehead atoms. The molecule has 2 rings (SSSR count). The first-order valence-corrected chi connectivity index (χ1v) is 8.69. The normalized spacial score (nSPS) is 51.6. The molecule has 0 saturated heterocycles. The Labute approximate surface area is 121 Å². The molecule has 0 heteroatoms. The van der Waals surface area contributed by atoms with Gasteiger partial charge in [0.05, 0.1) is 0 Å². The van der Waals surface area contributed by atoms with Crippen molar-refractivity contribution in [2.75, 3.05) is 0 Å². The molecular formula is C19H36. The summed E-state index contributed by atoms with van der Waals surface area (Å²) < 4.78 is 0. The Hall–Kier alpha value is 0. The summed E-state index contributed by atoms with van der Waals surface area (Å²) in [5.41, 5.74) is 1.20. The third-order valence-electron chi connectivity index (χ3n) is 8.12. The predicted octanol–water partition coefficient (Wildman–Crippen LogP) is 6.01. The Kier molecular flexibility index (Phi) is 3.87. The van der Waals surface area contributed by atoms with Gasteiger partial charge < -0.3 is 0 Å². The molecule has 0 N–H and O–H groups in total. The topological polar surface area (TPSA) is 0 Å². The molecule has 0 amide bonds. The lowest BCUT2D eigenvalue weighted by atomic mass is 9.62. The maximum atomic E-state index is 2.61. The minimum Gasteiger partial charge on any atom is -0.0651 e. The van der Waals surface area contributed by atoms with Gasteiger partial charge in [-0.3, -0.25) is 0 Å². The van der Waals surface area contributed by atoms with E-state index in [0.29, 0.717) is 10.8 Å². The number of hydrogen-bond acceptors (Lipinski definition) is 0. The highest BCUT2D eigenvalue weighted by Gasteiger charge is 2.65. The van der Waals surface area contributed by atoms with Gasteiger partial charge in [-0.15, -0.1) is 0 Å². The maximum absolute atomic E-state index is 2.61. The summed E-state index contributed by atoms with van der Waals surface area (Å²) >= 11 is 0. The van der Waals surface area contributed by atoms with Crippen LogP contribution in [0, 0.1) is 46.3 Å². The van der Waals surface area contributed by atoms with Gasteiger partial charge in [0.2, 0.25) is 0 Å². The summed E-state index contributed by atoms with van der Waals surface area (Å²) in [4.78, 5) is 0. The summed E-state index contributed by atoms with van der Waals surface area (Å²) in [6.45, 7) is 20.0. The predicted molar refractivity (Wildman–Crippen MR) is 85.0 cm³/mol. The van der Waals surface area contributed by atoms with Crippen LogP contribution in [0.25, 0.3) is 0 Å². The largest absolute Gasteiger partial charge is 0.0651 e. The van der Waals surface area contributed by atoms with Gasteiger partial charge in [0, 0.05) is 0 Å². The molecule has 0 aromatic heterocycles. The Morgan fingerprint density at radius 3 is 2.16 bits per heavy atom. The molecule has 2 aliphatic carbocycles. The van der Waals surface area contributed by atoms with Crippen LogP contribution in [0.3, 0.4) is 0 Å². The van der Waals surface area contributed by atoms with Gasteiger partial charge in [0.15, 0.2) is 0 Å². The van der Waals surface area contributed by atoms with Crippen molar-refractivity contribution in [2.24, 2.45) is 46.3 Å². The van der Waals surface area contributed by atoms with Gasteiger partial charge in [0.1, 0.15) is 0 Å². The van der Waals surface area contributed by atoms with E-state index in [9.17, 15) is 0 Å². The average Bonchev–Trinajstić information content (AvgIpc) is 2.89. The fourth-order valence-corrected chi connectivity index (χ4v) is 5.38. The van der Waals surface area contributed by atoms with E-state index in [0.717, 1.165) is 35.5 Å². The van der Waals surface area contributed by atoms with Gasteiger partial charge in [-0.1, -0.05) is 61.8 Å². The van der Waals surface area contributed by atoms with Crippen molar-refractivity contribution in [2.45, 2.75) is 74.7 Å². The third kappa shape index (κ3) is 2.09. The molecule has 7 unspecified atom stereocenters. The fraction of sp³-hybridized carbons (Fsp3) is 1.00. The first kappa shape index (κ1) is 15.4. The summed E-state index contributed by atoms with van der Waals surface area (Å²) in [7, 11) is 0. The second-order valence-electron chi connectivity index (χ2n) is 8.75. The van der Waals surface area contributed by atoms with Gasteiger partial charge in [-0.05, 0) is 59.2 Å². The third-order valence-corrected chi connectivity index (χ3v) is 8.12. The fourth-order valence-electron chi connectivity index (χ4n) is 5.38. The summed E-state index contributed by atoms with van der Waals surface area (Å²) in [6, 6.07) is 0. The second kappa shape index (κ2) is 4.78. The zero-order valence-corrected chi connectivity index (χ0v) is 14.6. The van der Waals surface area contributed by atoms with Gasteiger partial charge in [-0.2, -0.15) is 0 Å². The Morgan fingerprint density at radius 2 is 1.68 bits per heavy atom. The molecule has 112 valence electrons. The molecule has 0 heterocycles. The Balaban J connectivity index is 2.34. The molecule has 0 radical (unpaired) electrons. The minimum absolute atomic E-state index is 0.546. The van der Waals surface area contributed by atoms with Crippen LogP contribution >= 0.6 is 0 Å². The number of hydrogen-bond donors (Lipinski definition) is 0. The highest BCUT2D eigenvalue weighted by atomic mass is 14.7. The van der Waals surface area contributed by atoms with Crippen molar-refractivity contribution in [3.63, 3.8) is 0 Å². The first-order chi connectivity index (χ1) is 8.69. The highest BCUT2D eigenvalue weighted by Crippen LogP contribution is 2.72. The lowest BCUT2D eigenvalue weighted by Crippen LogP contribution is -2.36. The van der Waals surface area contributed by atoms with Crippen LogP contribution in [0.1, 0.15) is 74.7 Å². The van der Waals surface area contributed by atoms with E-state index in [1.807, 2.05) is 0 Å². The molecule has 2 fully saturated rings. The molecule has 0 spiro atoms. The summed E-state index contributed by atoms with van der Waals surface area (Å²) in [6.07, 6.45) is 4.28. The van der Waals surface area contributed by atoms with Crippen LogP contribution < -0.4 is 0 Å². The summed E-state index contributed by atoms with van der Waals surface area (Å²) in [5, 5.41) is 0. The standard InChI is InChI=1S/C19H36/c1-9-13(4)17-11-18(7,12(2)3)14(5)10-16-15(6)19(16,17)8/h12-17H,9-11H2,1-8H3. The van der Waals surface area contributed by atoms with Crippen molar-refractivity contribution in [1.82, 2.24) is 0 Å². The molecule has 0 nitrogen and oxygen atoms in total. The molecule has 19 heavy (non-hydrogen) atoms. The van der Waals surface area contributed by atoms with Crippen LogP contribution in [0.2, 0.25) is 0 Å². The monoisotopic (exact) mass is 264 g/mol. The molecule has 7 atom stereocenters. The quantitative estimate of drug-likeness (QED) is 0.585. The van der Waals surface area contributed by atoms with Crippen molar-refractivity contribution < 1.29 is 0 Å². The van der Waals surface area contributed by atoms with Crippen LogP contribution in [0.4, 0.5) is 0 Å². The van der Waals surface area contributed by atoms with Crippen molar-refractivity contribution >= 4 is 0 Å².